The van der Waals surface area contributed by atoms with E-state index in [0.717, 1.165) is 34.2 Å². The second-order valence-electron chi connectivity index (χ2n) is 8.94. The number of carbonyl (C=O) groups is 2. The zero-order valence-electron chi connectivity index (χ0n) is 20.5. The monoisotopic (exact) mass is 510 g/mol. The number of nitrogens with zero attached hydrogens (tertiary/aromatic N) is 1. The number of hydrogen-bond donors (Lipinski definition) is 1. The SMILES string of the molecule is CCCNC(=O)[C@@H](Cc1ccccc1)N(Cc1ccc(Cl)c(Cl)c1)C(=O)Cc1cc(C)cc(C)c1. The molecule has 0 unspecified atom stereocenters. The van der Waals surface area contributed by atoms with E-state index in [-0.39, 0.29) is 24.8 Å². The highest BCUT2D eigenvalue weighted by molar-refractivity contribution is 6.42. The third-order valence-corrected chi connectivity index (χ3v) is 6.53. The first kappa shape index (κ1) is 26.8. The summed E-state index contributed by atoms with van der Waals surface area (Å²) in [5, 5.41) is 3.86. The van der Waals surface area contributed by atoms with Gasteiger partial charge in [-0.1, -0.05) is 95.8 Å². The molecule has 3 rings (SSSR count). The first-order chi connectivity index (χ1) is 16.8. The number of amides is 2. The molecule has 0 aliphatic rings. The first-order valence-corrected chi connectivity index (χ1v) is 12.6. The van der Waals surface area contributed by atoms with Crippen molar-refractivity contribution >= 4 is 35.0 Å². The largest absolute Gasteiger partial charge is 0.354 e. The molecule has 0 radical (unpaired) electrons. The number of nitrogens with one attached hydrogen (secondary N) is 1. The molecule has 0 saturated carbocycles. The van der Waals surface area contributed by atoms with Crippen LogP contribution in [0.25, 0.3) is 0 Å². The van der Waals surface area contributed by atoms with Crippen LogP contribution in [0.2, 0.25) is 10.0 Å². The van der Waals surface area contributed by atoms with Crippen LogP contribution in [0.15, 0.2) is 66.7 Å². The zero-order chi connectivity index (χ0) is 25.4. The van der Waals surface area contributed by atoms with Crippen LogP contribution in [0.3, 0.4) is 0 Å². The van der Waals surface area contributed by atoms with E-state index in [1.54, 1.807) is 17.0 Å². The van der Waals surface area contributed by atoms with Crippen molar-refractivity contribution in [2.24, 2.45) is 0 Å². The fourth-order valence-electron chi connectivity index (χ4n) is 4.20. The van der Waals surface area contributed by atoms with E-state index < -0.39 is 6.04 Å². The Morgan fingerprint density at radius 1 is 0.857 bits per heavy atom. The van der Waals surface area contributed by atoms with Crippen LogP contribution in [0, 0.1) is 13.8 Å². The van der Waals surface area contributed by atoms with Crippen molar-refractivity contribution in [2.75, 3.05) is 6.54 Å². The average Bonchev–Trinajstić information content (AvgIpc) is 2.82. The van der Waals surface area contributed by atoms with Crippen LogP contribution in [0.5, 0.6) is 0 Å². The standard InChI is InChI=1S/C29H32Cl2N2O2/c1-4-12-32-29(35)27(17-22-8-6-5-7-9-22)33(19-23-10-11-25(30)26(31)16-23)28(34)18-24-14-20(2)13-21(3)15-24/h5-11,13-16,27H,4,12,17-19H2,1-3H3,(H,32,35)/t27-/m1/s1. The maximum atomic E-state index is 13.8. The Morgan fingerprint density at radius 2 is 1.54 bits per heavy atom. The topological polar surface area (TPSA) is 49.4 Å². The van der Waals surface area contributed by atoms with Gasteiger partial charge >= 0.3 is 0 Å². The van der Waals surface area contributed by atoms with Crippen LogP contribution in [-0.4, -0.2) is 29.3 Å². The van der Waals surface area contributed by atoms with Crippen LogP contribution in [0.1, 0.15) is 41.2 Å². The summed E-state index contributed by atoms with van der Waals surface area (Å²) in [5.41, 5.74) is 4.94. The minimum atomic E-state index is -0.670. The molecular weight excluding hydrogens is 479 g/mol. The molecule has 0 aliphatic heterocycles. The van der Waals surface area contributed by atoms with Gasteiger partial charge in [-0.3, -0.25) is 9.59 Å². The van der Waals surface area contributed by atoms with Gasteiger partial charge in [-0.05, 0) is 49.1 Å². The fourth-order valence-corrected chi connectivity index (χ4v) is 4.52. The highest BCUT2D eigenvalue weighted by atomic mass is 35.5. The Bertz CT molecular complexity index is 1140. The van der Waals surface area contributed by atoms with Crippen LogP contribution in [0.4, 0.5) is 0 Å². The quantitative estimate of drug-likeness (QED) is 0.346. The molecule has 0 heterocycles. The van der Waals surface area contributed by atoms with E-state index in [2.05, 4.69) is 11.4 Å². The Morgan fingerprint density at radius 3 is 2.17 bits per heavy atom. The van der Waals surface area contributed by atoms with Gasteiger partial charge in [0.1, 0.15) is 6.04 Å². The Labute approximate surface area is 218 Å². The lowest BCUT2D eigenvalue weighted by Gasteiger charge is -2.32. The summed E-state index contributed by atoms with van der Waals surface area (Å²) in [7, 11) is 0. The molecular formula is C29H32Cl2N2O2. The average molecular weight is 511 g/mol. The summed E-state index contributed by atoms with van der Waals surface area (Å²) < 4.78 is 0. The lowest BCUT2D eigenvalue weighted by molar-refractivity contribution is -0.140. The lowest BCUT2D eigenvalue weighted by atomic mass is 10.0. The maximum Gasteiger partial charge on any atom is 0.243 e. The van der Waals surface area contributed by atoms with Crippen molar-refractivity contribution in [3.63, 3.8) is 0 Å². The smallest absolute Gasteiger partial charge is 0.243 e. The molecule has 1 N–H and O–H groups in total. The second-order valence-corrected chi connectivity index (χ2v) is 9.75. The molecule has 184 valence electrons. The molecule has 3 aromatic rings. The normalized spacial score (nSPS) is 11.7. The fraction of sp³-hybridized carbons (Fsp3) is 0.310. The van der Waals surface area contributed by atoms with E-state index >= 15 is 0 Å². The van der Waals surface area contributed by atoms with Gasteiger partial charge in [0, 0.05) is 19.5 Å². The van der Waals surface area contributed by atoms with Gasteiger partial charge in [-0.25, -0.2) is 0 Å². The maximum absolute atomic E-state index is 13.8. The van der Waals surface area contributed by atoms with E-state index in [9.17, 15) is 9.59 Å². The molecule has 0 bridgehead atoms. The van der Waals surface area contributed by atoms with Crippen LogP contribution >= 0.6 is 23.2 Å². The summed E-state index contributed by atoms with van der Waals surface area (Å²) in [6, 6.07) is 20.5. The minimum absolute atomic E-state index is 0.117. The lowest BCUT2D eigenvalue weighted by Crippen LogP contribution is -2.51. The van der Waals surface area contributed by atoms with E-state index in [4.69, 9.17) is 23.2 Å². The Kier molecular flexibility index (Phi) is 9.76. The van der Waals surface area contributed by atoms with Crippen molar-refractivity contribution in [3.8, 4) is 0 Å². The third-order valence-electron chi connectivity index (χ3n) is 5.79. The van der Waals surface area contributed by atoms with Gasteiger partial charge in [0.05, 0.1) is 16.5 Å². The molecule has 6 heteroatoms. The zero-order valence-corrected chi connectivity index (χ0v) is 22.0. The molecule has 4 nitrogen and oxygen atoms in total. The molecule has 3 aromatic carbocycles. The van der Waals surface area contributed by atoms with E-state index in [0.29, 0.717) is 23.0 Å². The van der Waals surface area contributed by atoms with Crippen molar-refractivity contribution in [2.45, 2.75) is 52.6 Å². The predicted molar refractivity (Wildman–Crippen MR) is 144 cm³/mol. The number of rotatable bonds is 10. The first-order valence-electron chi connectivity index (χ1n) is 11.9. The van der Waals surface area contributed by atoms with Gasteiger partial charge in [0.15, 0.2) is 0 Å². The van der Waals surface area contributed by atoms with Gasteiger partial charge in [-0.15, -0.1) is 0 Å². The number of halogens is 2. The van der Waals surface area contributed by atoms with Crippen molar-refractivity contribution in [1.82, 2.24) is 10.2 Å². The Balaban J connectivity index is 1.99. The number of aryl methyl sites for hydroxylation is 2. The van der Waals surface area contributed by atoms with Crippen molar-refractivity contribution < 1.29 is 9.59 Å². The van der Waals surface area contributed by atoms with Gasteiger partial charge in [0.25, 0.3) is 0 Å². The third kappa shape index (κ3) is 7.84. The molecule has 0 aromatic heterocycles. The van der Waals surface area contributed by atoms with E-state index in [1.165, 1.54) is 0 Å². The molecule has 0 fully saturated rings. The summed E-state index contributed by atoms with van der Waals surface area (Å²) in [6.45, 7) is 6.84. The van der Waals surface area contributed by atoms with Gasteiger partial charge < -0.3 is 10.2 Å². The van der Waals surface area contributed by atoms with E-state index in [1.807, 2.05) is 69.3 Å². The van der Waals surface area contributed by atoms with Crippen molar-refractivity contribution in [3.05, 3.63) is 105 Å². The molecule has 35 heavy (non-hydrogen) atoms. The number of benzene rings is 3. The summed E-state index contributed by atoms with van der Waals surface area (Å²) >= 11 is 12.4. The van der Waals surface area contributed by atoms with Crippen molar-refractivity contribution in [1.29, 1.82) is 0 Å². The van der Waals surface area contributed by atoms with Gasteiger partial charge in [0.2, 0.25) is 11.8 Å². The second kappa shape index (κ2) is 12.8. The summed E-state index contributed by atoms with van der Waals surface area (Å²) in [6.07, 6.45) is 1.43. The number of carbonyl (C=O) groups excluding carboxylic acids is 2. The van der Waals surface area contributed by atoms with Crippen LogP contribution < -0.4 is 5.32 Å². The highest BCUT2D eigenvalue weighted by Gasteiger charge is 2.30. The summed E-state index contributed by atoms with van der Waals surface area (Å²) in [4.78, 5) is 28.8. The minimum Gasteiger partial charge on any atom is -0.354 e. The Hall–Kier alpha value is -2.82. The predicted octanol–water partition coefficient (Wildman–Crippen LogP) is 6.32. The number of hydrogen-bond acceptors (Lipinski definition) is 2. The molecule has 0 spiro atoms. The summed E-state index contributed by atoms with van der Waals surface area (Å²) in [5.74, 6) is -0.279. The molecule has 2 amide bonds. The molecule has 0 aliphatic carbocycles. The molecule has 1 atom stereocenters. The molecule has 0 saturated heterocycles. The van der Waals surface area contributed by atoms with Crippen LogP contribution in [-0.2, 0) is 29.0 Å². The highest BCUT2D eigenvalue weighted by Crippen LogP contribution is 2.25. The van der Waals surface area contributed by atoms with Gasteiger partial charge in [-0.2, -0.15) is 0 Å².